The van der Waals surface area contributed by atoms with Gasteiger partial charge in [0.25, 0.3) is 0 Å². The van der Waals surface area contributed by atoms with Crippen molar-refractivity contribution >= 4 is 17.3 Å². The third kappa shape index (κ3) is 4.75. The smallest absolute Gasteiger partial charge is 0.194 e. The van der Waals surface area contributed by atoms with Crippen molar-refractivity contribution in [3.63, 3.8) is 0 Å². The molecule has 28 heavy (non-hydrogen) atoms. The van der Waals surface area contributed by atoms with Crippen LogP contribution >= 0.6 is 11.3 Å². The van der Waals surface area contributed by atoms with Gasteiger partial charge in [-0.25, -0.2) is 19.4 Å². The van der Waals surface area contributed by atoms with E-state index in [4.69, 9.17) is 0 Å². The van der Waals surface area contributed by atoms with Gasteiger partial charge in [0.2, 0.25) is 0 Å². The number of halogens is 1. The quantitative estimate of drug-likeness (QED) is 0.507. The molecule has 0 atom stereocenters. The molecule has 2 aromatic heterocycles. The molecule has 0 amide bonds. The van der Waals surface area contributed by atoms with Crippen molar-refractivity contribution in [1.29, 1.82) is 0 Å². The summed E-state index contributed by atoms with van der Waals surface area (Å²) < 4.78 is 16.3. The number of hydrogen-bond acceptors (Lipinski definition) is 4. The summed E-state index contributed by atoms with van der Waals surface area (Å²) in [5.41, 5.74) is 2.32. The van der Waals surface area contributed by atoms with Gasteiger partial charge >= 0.3 is 0 Å². The number of imidazole rings is 1. The average molecular weight is 401 g/mol. The zero-order valence-corrected chi connectivity index (χ0v) is 17.4. The number of benzene rings is 1. The van der Waals surface area contributed by atoms with Gasteiger partial charge in [0, 0.05) is 31.4 Å². The zero-order chi connectivity index (χ0) is 20.1. The van der Waals surface area contributed by atoms with Crippen molar-refractivity contribution < 1.29 is 4.39 Å². The molecule has 0 aliphatic heterocycles. The van der Waals surface area contributed by atoms with Crippen LogP contribution in [-0.4, -0.2) is 39.0 Å². The monoisotopic (exact) mass is 400 g/mol. The van der Waals surface area contributed by atoms with E-state index in [9.17, 15) is 4.39 Å². The van der Waals surface area contributed by atoms with Gasteiger partial charge in [-0.2, -0.15) is 0 Å². The highest BCUT2D eigenvalue weighted by Gasteiger charge is 2.10. The van der Waals surface area contributed by atoms with Crippen molar-refractivity contribution in [3.8, 4) is 5.69 Å². The second-order valence-corrected chi connectivity index (χ2v) is 7.58. The molecule has 0 saturated heterocycles. The van der Waals surface area contributed by atoms with E-state index in [2.05, 4.69) is 25.7 Å². The first-order chi connectivity index (χ1) is 13.5. The maximum absolute atomic E-state index is 14.6. The van der Waals surface area contributed by atoms with Gasteiger partial charge in [0.05, 0.1) is 29.5 Å². The Morgan fingerprint density at radius 2 is 2.18 bits per heavy atom. The maximum Gasteiger partial charge on any atom is 0.194 e. The number of aryl methyl sites for hydroxylation is 2. The fraction of sp³-hybridized carbons (Fsp3) is 0.350. The van der Waals surface area contributed by atoms with Crippen LogP contribution in [0.5, 0.6) is 0 Å². The van der Waals surface area contributed by atoms with E-state index in [1.165, 1.54) is 6.07 Å². The van der Waals surface area contributed by atoms with Crippen molar-refractivity contribution in [2.75, 3.05) is 13.6 Å². The van der Waals surface area contributed by atoms with Crippen molar-refractivity contribution in [1.82, 2.24) is 24.8 Å². The number of aromatic nitrogens is 3. The third-order valence-electron chi connectivity index (χ3n) is 4.27. The first kappa shape index (κ1) is 20.0. The van der Waals surface area contributed by atoms with E-state index >= 15 is 0 Å². The molecule has 0 aliphatic rings. The Bertz CT molecular complexity index is 961. The van der Waals surface area contributed by atoms with E-state index in [1.807, 2.05) is 38.8 Å². The first-order valence-corrected chi connectivity index (χ1v) is 10.0. The lowest BCUT2D eigenvalue weighted by molar-refractivity contribution is 0.470. The summed E-state index contributed by atoms with van der Waals surface area (Å²) in [6.45, 7) is 7.69. The lowest BCUT2D eigenvalue weighted by atomic mass is 10.2. The predicted molar refractivity (Wildman–Crippen MR) is 111 cm³/mol. The van der Waals surface area contributed by atoms with E-state index in [1.54, 1.807) is 34.4 Å². The molecule has 1 N–H and O–H groups in total. The van der Waals surface area contributed by atoms with Crippen LogP contribution in [0.3, 0.4) is 0 Å². The summed E-state index contributed by atoms with van der Waals surface area (Å²) in [5.74, 6) is 1.23. The Hall–Kier alpha value is -2.74. The summed E-state index contributed by atoms with van der Waals surface area (Å²) in [6, 6.07) is 5.20. The van der Waals surface area contributed by atoms with Crippen LogP contribution < -0.4 is 5.32 Å². The minimum absolute atomic E-state index is 0.287. The highest BCUT2D eigenvalue weighted by atomic mass is 32.1. The highest BCUT2D eigenvalue weighted by Crippen LogP contribution is 2.17. The number of thiazole rings is 1. The van der Waals surface area contributed by atoms with Crippen LogP contribution in [0, 0.1) is 19.7 Å². The number of guanidine groups is 1. The van der Waals surface area contributed by atoms with E-state index < -0.39 is 0 Å². The van der Waals surface area contributed by atoms with E-state index in [0.29, 0.717) is 18.8 Å². The summed E-state index contributed by atoms with van der Waals surface area (Å²) in [6.07, 6.45) is 3.42. The summed E-state index contributed by atoms with van der Waals surface area (Å²) in [7, 11) is 1.97. The average Bonchev–Trinajstić information content (AvgIpc) is 3.26. The van der Waals surface area contributed by atoms with Crippen LogP contribution in [0.4, 0.5) is 4.39 Å². The minimum Gasteiger partial charge on any atom is -0.357 e. The number of aliphatic imine (C=N–C) groups is 1. The van der Waals surface area contributed by atoms with Gasteiger partial charge in [0.1, 0.15) is 11.6 Å². The second kappa shape index (κ2) is 8.97. The standard InChI is InChI=1S/C20H25FN6S/c1-5-22-20(26(4)12-17-13-28-15(3)25-17)24-11-16-6-7-19(18(21)10-16)27-9-8-23-14(27)2/h6-10,13H,5,11-12H2,1-4H3,(H,22,24). The number of nitrogens with zero attached hydrogens (tertiary/aromatic N) is 5. The Kier molecular flexibility index (Phi) is 6.41. The van der Waals surface area contributed by atoms with Crippen molar-refractivity contribution in [3.05, 3.63) is 63.9 Å². The van der Waals surface area contributed by atoms with Crippen LogP contribution in [0.1, 0.15) is 29.0 Å². The summed E-state index contributed by atoms with van der Waals surface area (Å²) in [5, 5.41) is 6.39. The van der Waals surface area contributed by atoms with Crippen LogP contribution in [-0.2, 0) is 13.1 Å². The molecule has 0 radical (unpaired) electrons. The van der Waals surface area contributed by atoms with Crippen LogP contribution in [0.15, 0.2) is 41.0 Å². The summed E-state index contributed by atoms with van der Waals surface area (Å²) in [4.78, 5) is 15.3. The highest BCUT2D eigenvalue weighted by molar-refractivity contribution is 7.09. The minimum atomic E-state index is -0.287. The molecule has 1 aromatic carbocycles. The molecular formula is C20H25FN6S. The number of rotatable bonds is 6. The maximum atomic E-state index is 14.6. The molecule has 3 aromatic rings. The van der Waals surface area contributed by atoms with Crippen molar-refractivity contribution in [2.24, 2.45) is 4.99 Å². The van der Waals surface area contributed by atoms with Gasteiger partial charge < -0.3 is 14.8 Å². The largest absolute Gasteiger partial charge is 0.357 e. The number of nitrogens with one attached hydrogen (secondary N) is 1. The van der Waals surface area contributed by atoms with Crippen LogP contribution in [0.2, 0.25) is 0 Å². The molecule has 0 saturated carbocycles. The van der Waals surface area contributed by atoms with Crippen molar-refractivity contribution in [2.45, 2.75) is 33.9 Å². The molecule has 0 bridgehead atoms. The van der Waals surface area contributed by atoms with Gasteiger partial charge in [-0.3, -0.25) is 0 Å². The fourth-order valence-corrected chi connectivity index (χ4v) is 3.52. The Morgan fingerprint density at radius 3 is 2.79 bits per heavy atom. The van der Waals surface area contributed by atoms with Gasteiger partial charge in [-0.15, -0.1) is 11.3 Å². The van der Waals surface area contributed by atoms with Gasteiger partial charge in [-0.05, 0) is 38.5 Å². The Balaban J connectivity index is 1.73. The van der Waals surface area contributed by atoms with E-state index in [-0.39, 0.29) is 5.82 Å². The molecule has 0 spiro atoms. The number of hydrogen-bond donors (Lipinski definition) is 1. The SMILES string of the molecule is CCNC(=NCc1ccc(-n2ccnc2C)c(F)c1)N(C)Cc1csc(C)n1. The topological polar surface area (TPSA) is 58.3 Å². The molecular weight excluding hydrogens is 375 g/mol. The molecule has 0 unspecified atom stereocenters. The molecule has 0 fully saturated rings. The molecule has 2 heterocycles. The molecule has 148 valence electrons. The Labute approximate surface area is 168 Å². The summed E-state index contributed by atoms with van der Waals surface area (Å²) >= 11 is 1.64. The van der Waals surface area contributed by atoms with Crippen LogP contribution in [0.25, 0.3) is 5.69 Å². The molecule has 0 aliphatic carbocycles. The normalized spacial score (nSPS) is 11.7. The third-order valence-corrected chi connectivity index (χ3v) is 5.09. The van der Waals surface area contributed by atoms with E-state index in [0.717, 1.165) is 34.6 Å². The fourth-order valence-electron chi connectivity index (χ4n) is 2.91. The lowest BCUT2D eigenvalue weighted by Crippen LogP contribution is -2.38. The molecule has 8 heteroatoms. The van der Waals surface area contributed by atoms with Gasteiger partial charge in [0.15, 0.2) is 5.96 Å². The zero-order valence-electron chi connectivity index (χ0n) is 16.6. The second-order valence-electron chi connectivity index (χ2n) is 6.51. The first-order valence-electron chi connectivity index (χ1n) is 9.17. The molecule has 6 nitrogen and oxygen atoms in total. The Morgan fingerprint density at radius 1 is 1.36 bits per heavy atom. The van der Waals surface area contributed by atoms with Gasteiger partial charge in [-0.1, -0.05) is 6.07 Å². The predicted octanol–water partition coefficient (Wildman–Crippen LogP) is 3.68. The molecule has 3 rings (SSSR count). The lowest BCUT2D eigenvalue weighted by Gasteiger charge is -2.21.